The molecule has 1 saturated heterocycles. The second-order valence-electron chi connectivity index (χ2n) is 8.72. The molecule has 1 heterocycles. The Kier molecular flexibility index (Phi) is 8.20. The third-order valence-electron chi connectivity index (χ3n) is 6.06. The Labute approximate surface area is 218 Å². The van der Waals surface area contributed by atoms with E-state index in [4.69, 9.17) is 16.3 Å². The van der Waals surface area contributed by atoms with Crippen molar-refractivity contribution in [3.05, 3.63) is 82.9 Å². The Morgan fingerprint density at radius 1 is 1.00 bits per heavy atom. The third kappa shape index (κ3) is 6.68. The molecule has 198 valence electrons. The van der Waals surface area contributed by atoms with Crippen LogP contribution in [-0.2, 0) is 22.7 Å². The predicted octanol–water partition coefficient (Wildman–Crippen LogP) is 5.93. The van der Waals surface area contributed by atoms with Crippen molar-refractivity contribution >= 4 is 27.3 Å². The lowest BCUT2D eigenvalue weighted by Gasteiger charge is -2.26. The summed E-state index contributed by atoms with van der Waals surface area (Å²) in [4.78, 5) is 1.85. The molecule has 3 aromatic carbocycles. The van der Waals surface area contributed by atoms with Gasteiger partial charge in [-0.25, -0.2) is 8.42 Å². The van der Waals surface area contributed by atoms with Crippen LogP contribution in [0.2, 0.25) is 5.02 Å². The molecular weight excluding hydrogens is 529 g/mol. The summed E-state index contributed by atoms with van der Waals surface area (Å²) in [7, 11) is -4.39. The quantitative estimate of drug-likeness (QED) is 0.355. The molecule has 0 aliphatic carbocycles. The van der Waals surface area contributed by atoms with Gasteiger partial charge in [0.05, 0.1) is 22.8 Å². The molecule has 3 aromatic rings. The molecule has 0 amide bonds. The van der Waals surface area contributed by atoms with E-state index in [1.807, 2.05) is 0 Å². The lowest BCUT2D eigenvalue weighted by atomic mass is 10.2. The van der Waals surface area contributed by atoms with Crippen molar-refractivity contribution in [1.82, 2.24) is 4.90 Å². The van der Waals surface area contributed by atoms with Crippen molar-refractivity contribution in [1.29, 1.82) is 0 Å². The van der Waals surface area contributed by atoms with Crippen molar-refractivity contribution in [2.45, 2.75) is 30.5 Å². The molecule has 0 atom stereocenters. The minimum absolute atomic E-state index is 0.0517. The first kappa shape index (κ1) is 27.1. The smallest absolute Gasteiger partial charge is 0.416 e. The van der Waals surface area contributed by atoms with E-state index < -0.39 is 31.7 Å². The van der Waals surface area contributed by atoms with Crippen molar-refractivity contribution in [2.75, 3.05) is 30.5 Å². The zero-order chi connectivity index (χ0) is 26.6. The zero-order valence-corrected chi connectivity index (χ0v) is 21.4. The molecule has 37 heavy (non-hydrogen) atoms. The van der Waals surface area contributed by atoms with Gasteiger partial charge >= 0.3 is 6.18 Å². The maximum absolute atomic E-state index is 13.7. The minimum Gasteiger partial charge on any atom is -0.508 e. The number of benzene rings is 3. The SMILES string of the molecule is O=S(=O)(c1ccc(C(F)(F)F)cc1Cl)N(Cc1cccc(O)c1)c1ccc(OCCN2CCCC2)cc1. The molecule has 1 aliphatic rings. The number of hydrogen-bond donors (Lipinski definition) is 1. The summed E-state index contributed by atoms with van der Waals surface area (Å²) < 4.78 is 73.5. The summed E-state index contributed by atoms with van der Waals surface area (Å²) >= 11 is 6.05. The Bertz CT molecular complexity index is 1330. The van der Waals surface area contributed by atoms with Gasteiger partial charge < -0.3 is 9.84 Å². The summed E-state index contributed by atoms with van der Waals surface area (Å²) in [6, 6.07) is 14.6. The summed E-state index contributed by atoms with van der Waals surface area (Å²) in [5.41, 5.74) is -0.324. The van der Waals surface area contributed by atoms with E-state index in [1.165, 1.54) is 25.0 Å². The highest BCUT2D eigenvalue weighted by molar-refractivity contribution is 7.93. The molecule has 1 N–H and O–H groups in total. The van der Waals surface area contributed by atoms with Crippen LogP contribution < -0.4 is 9.04 Å². The van der Waals surface area contributed by atoms with Crippen LogP contribution in [0.3, 0.4) is 0 Å². The van der Waals surface area contributed by atoms with E-state index in [0.717, 1.165) is 30.0 Å². The van der Waals surface area contributed by atoms with E-state index in [-0.39, 0.29) is 18.0 Å². The average Bonchev–Trinajstić information content (AvgIpc) is 3.36. The molecule has 0 radical (unpaired) electrons. The number of sulfonamides is 1. The summed E-state index contributed by atoms with van der Waals surface area (Å²) in [6.45, 7) is 3.20. The second kappa shape index (κ2) is 11.2. The number of phenolic OH excluding ortho intramolecular Hbond substituents is 1. The van der Waals surface area contributed by atoms with Crippen LogP contribution in [0.5, 0.6) is 11.5 Å². The van der Waals surface area contributed by atoms with Crippen LogP contribution in [-0.4, -0.2) is 44.7 Å². The van der Waals surface area contributed by atoms with Crippen molar-refractivity contribution in [3.63, 3.8) is 0 Å². The largest absolute Gasteiger partial charge is 0.508 e. The zero-order valence-electron chi connectivity index (χ0n) is 19.8. The van der Waals surface area contributed by atoms with E-state index in [1.54, 1.807) is 36.4 Å². The van der Waals surface area contributed by atoms with Gasteiger partial charge in [0.1, 0.15) is 23.0 Å². The number of likely N-dealkylation sites (tertiary alicyclic amines) is 1. The van der Waals surface area contributed by atoms with Crippen LogP contribution in [0.15, 0.2) is 71.6 Å². The van der Waals surface area contributed by atoms with E-state index in [0.29, 0.717) is 30.1 Å². The maximum atomic E-state index is 13.7. The number of hydrogen-bond acceptors (Lipinski definition) is 5. The molecule has 0 unspecified atom stereocenters. The average molecular weight is 555 g/mol. The Balaban J connectivity index is 1.62. The van der Waals surface area contributed by atoms with Crippen molar-refractivity contribution < 1.29 is 31.4 Å². The molecular formula is C26H26ClF3N2O4S. The standard InChI is InChI=1S/C26H26ClF3N2O4S/c27-24-17-20(26(28,29)30)6-11-25(24)37(34,35)32(18-19-4-3-5-22(33)16-19)21-7-9-23(10-8-21)36-15-14-31-12-1-2-13-31/h3-11,16-17,33H,1-2,12-15,18H2. The lowest BCUT2D eigenvalue weighted by molar-refractivity contribution is -0.137. The minimum atomic E-state index is -4.67. The van der Waals surface area contributed by atoms with E-state index in [9.17, 15) is 26.7 Å². The van der Waals surface area contributed by atoms with Gasteiger partial charge in [0.15, 0.2) is 0 Å². The molecule has 0 spiro atoms. The number of anilines is 1. The Morgan fingerprint density at radius 2 is 1.70 bits per heavy atom. The van der Waals surface area contributed by atoms with Gasteiger partial charge in [-0.15, -0.1) is 0 Å². The highest BCUT2D eigenvalue weighted by Gasteiger charge is 2.34. The molecule has 0 saturated carbocycles. The summed E-state index contributed by atoms with van der Waals surface area (Å²) in [6.07, 6.45) is -2.31. The monoisotopic (exact) mass is 554 g/mol. The highest BCUT2D eigenvalue weighted by atomic mass is 35.5. The number of aromatic hydroxyl groups is 1. The first-order chi connectivity index (χ1) is 17.5. The fourth-order valence-electron chi connectivity index (χ4n) is 4.15. The fraction of sp³-hybridized carbons (Fsp3) is 0.308. The van der Waals surface area contributed by atoms with Gasteiger partial charge in [-0.05, 0) is 86.1 Å². The van der Waals surface area contributed by atoms with Gasteiger partial charge in [0.25, 0.3) is 10.0 Å². The third-order valence-corrected chi connectivity index (χ3v) is 8.32. The van der Waals surface area contributed by atoms with Gasteiger partial charge in [0.2, 0.25) is 0 Å². The van der Waals surface area contributed by atoms with Crippen molar-refractivity contribution in [2.24, 2.45) is 0 Å². The first-order valence-corrected chi connectivity index (χ1v) is 13.5. The van der Waals surface area contributed by atoms with Gasteiger partial charge in [-0.2, -0.15) is 13.2 Å². The number of nitrogens with zero attached hydrogens (tertiary/aromatic N) is 2. The van der Waals surface area contributed by atoms with Crippen LogP contribution in [0.1, 0.15) is 24.0 Å². The van der Waals surface area contributed by atoms with E-state index >= 15 is 0 Å². The predicted molar refractivity (Wildman–Crippen MR) is 136 cm³/mol. The number of phenols is 1. The topological polar surface area (TPSA) is 70.1 Å². The van der Waals surface area contributed by atoms with E-state index in [2.05, 4.69) is 4.90 Å². The molecule has 6 nitrogen and oxygen atoms in total. The normalized spacial score (nSPS) is 14.6. The second-order valence-corrected chi connectivity index (χ2v) is 11.0. The van der Waals surface area contributed by atoms with Crippen LogP contribution in [0, 0.1) is 0 Å². The number of ether oxygens (including phenoxy) is 1. The summed E-state index contributed by atoms with van der Waals surface area (Å²) in [5, 5.41) is 9.31. The number of halogens is 4. The molecule has 4 rings (SSSR count). The Morgan fingerprint density at radius 3 is 2.32 bits per heavy atom. The Hall–Kier alpha value is -2.95. The highest BCUT2D eigenvalue weighted by Crippen LogP contribution is 2.36. The molecule has 1 fully saturated rings. The molecule has 0 aromatic heterocycles. The van der Waals surface area contributed by atoms with Gasteiger partial charge in [0, 0.05) is 6.54 Å². The first-order valence-electron chi connectivity index (χ1n) is 11.7. The van der Waals surface area contributed by atoms with Crippen molar-refractivity contribution in [3.8, 4) is 11.5 Å². The molecule has 1 aliphatic heterocycles. The fourth-order valence-corrected chi connectivity index (χ4v) is 6.12. The molecule has 11 heteroatoms. The summed E-state index contributed by atoms with van der Waals surface area (Å²) in [5.74, 6) is 0.509. The van der Waals surface area contributed by atoms with Gasteiger partial charge in [-0.3, -0.25) is 9.21 Å². The number of alkyl halides is 3. The lowest BCUT2D eigenvalue weighted by Crippen LogP contribution is -2.31. The van der Waals surface area contributed by atoms with Crippen LogP contribution >= 0.6 is 11.6 Å². The number of rotatable bonds is 9. The van der Waals surface area contributed by atoms with Gasteiger partial charge in [-0.1, -0.05) is 23.7 Å². The molecule has 0 bridgehead atoms. The van der Waals surface area contributed by atoms with Crippen LogP contribution in [0.4, 0.5) is 18.9 Å². The van der Waals surface area contributed by atoms with Crippen LogP contribution in [0.25, 0.3) is 0 Å². The maximum Gasteiger partial charge on any atom is 0.416 e.